The fraction of sp³-hybridized carbons (Fsp3) is 0.214. The summed E-state index contributed by atoms with van der Waals surface area (Å²) in [6.45, 7) is 4.15. The highest BCUT2D eigenvalue weighted by Gasteiger charge is 2.46. The number of benzene rings is 3. The Morgan fingerprint density at radius 3 is 2.35 bits per heavy atom. The van der Waals surface area contributed by atoms with Crippen LogP contribution in [0.25, 0.3) is 5.69 Å². The number of rotatable bonds is 5. The van der Waals surface area contributed by atoms with Crippen LogP contribution in [0.5, 0.6) is 0 Å². The third-order valence-corrected chi connectivity index (χ3v) is 10.9. The Bertz CT molecular complexity index is 1670. The summed E-state index contributed by atoms with van der Waals surface area (Å²) in [6.07, 6.45) is 0. The van der Waals surface area contributed by atoms with E-state index in [2.05, 4.69) is 4.67 Å². The number of hydrogen-bond donors (Lipinski definition) is 0. The van der Waals surface area contributed by atoms with Gasteiger partial charge in [0.1, 0.15) is 11.7 Å². The van der Waals surface area contributed by atoms with Crippen LogP contribution in [0.1, 0.15) is 11.3 Å². The van der Waals surface area contributed by atoms with Crippen molar-refractivity contribution in [3.63, 3.8) is 0 Å². The first-order valence-corrected chi connectivity index (χ1v) is 14.5. The second-order valence-electron chi connectivity index (χ2n) is 9.45. The average molecular weight is 560 g/mol. The minimum atomic E-state index is -2.93. The summed E-state index contributed by atoms with van der Waals surface area (Å²) < 4.78 is 32.5. The van der Waals surface area contributed by atoms with Crippen LogP contribution in [0, 0.1) is 22.9 Å². The van der Waals surface area contributed by atoms with Crippen LogP contribution in [-0.2, 0) is 4.74 Å². The van der Waals surface area contributed by atoms with E-state index in [1.54, 1.807) is 35.0 Å². The minimum absolute atomic E-state index is 0.0166. The molecule has 0 saturated carbocycles. The third-order valence-electron chi connectivity index (χ3n) is 7.05. The van der Waals surface area contributed by atoms with E-state index < -0.39 is 18.1 Å². The van der Waals surface area contributed by atoms with Crippen molar-refractivity contribution in [2.75, 3.05) is 33.4 Å². The Morgan fingerprint density at radius 2 is 1.68 bits per heavy atom. The van der Waals surface area contributed by atoms with Gasteiger partial charge in [-0.1, -0.05) is 30.3 Å². The minimum Gasteiger partial charge on any atom is -0.379 e. The van der Waals surface area contributed by atoms with E-state index in [1.165, 1.54) is 18.2 Å². The molecule has 1 atom stereocenters. The highest BCUT2D eigenvalue weighted by atomic mass is 31.2. The fourth-order valence-electron chi connectivity index (χ4n) is 5.19. The molecule has 0 aliphatic carbocycles. The summed E-state index contributed by atoms with van der Waals surface area (Å²) >= 11 is 0. The van der Waals surface area contributed by atoms with Crippen LogP contribution in [0.2, 0.25) is 0 Å². The lowest BCUT2D eigenvalue weighted by Gasteiger charge is -2.46. The quantitative estimate of drug-likeness (QED) is 0.180. The monoisotopic (exact) mass is 559 g/mol. The van der Waals surface area contributed by atoms with Crippen LogP contribution in [0.15, 0.2) is 88.6 Å². The van der Waals surface area contributed by atoms with Crippen molar-refractivity contribution in [1.29, 1.82) is 0 Å². The molecule has 12 heteroatoms. The van der Waals surface area contributed by atoms with E-state index in [0.29, 0.717) is 49.2 Å². The Hall–Kier alpha value is -4.18. The molecule has 0 amide bonds. The second-order valence-corrected chi connectivity index (χ2v) is 12.4. The number of morpholine rings is 1. The first-order valence-electron chi connectivity index (χ1n) is 12.8. The maximum absolute atomic E-state index is 15.3. The molecule has 2 aliphatic rings. The molecule has 10 nitrogen and oxygen atoms in total. The van der Waals surface area contributed by atoms with Gasteiger partial charge in [0.15, 0.2) is 13.2 Å². The molecule has 0 N–H and O–H groups in total. The number of aromatic nitrogens is 2. The summed E-state index contributed by atoms with van der Waals surface area (Å²) in [5.74, 6) is 0.633. The number of nitrogens with zero attached hydrogens (tertiary/aromatic N) is 7. The maximum atomic E-state index is 15.3. The van der Waals surface area contributed by atoms with E-state index in [9.17, 15) is 10.1 Å². The van der Waals surface area contributed by atoms with Crippen molar-refractivity contribution in [3.05, 3.63) is 106 Å². The number of hydrogen-bond acceptors (Lipinski definition) is 6. The van der Waals surface area contributed by atoms with Crippen molar-refractivity contribution in [1.82, 2.24) is 19.1 Å². The predicted molar refractivity (Wildman–Crippen MR) is 153 cm³/mol. The summed E-state index contributed by atoms with van der Waals surface area (Å²) in [5, 5.41) is 17.1. The zero-order valence-corrected chi connectivity index (χ0v) is 22.9. The van der Waals surface area contributed by atoms with Gasteiger partial charge < -0.3 is 9.41 Å². The smallest absolute Gasteiger partial charge is 0.269 e. The molecule has 6 rings (SSSR count). The van der Waals surface area contributed by atoms with Crippen molar-refractivity contribution in [2.24, 2.45) is 9.74 Å². The Labute approximate surface area is 230 Å². The normalized spacial score (nSPS) is 19.2. The molecule has 3 aromatic carbocycles. The number of aliphatic imine (C=N–C) groups is 1. The van der Waals surface area contributed by atoms with E-state index in [1.807, 2.05) is 49.0 Å². The lowest BCUT2D eigenvalue weighted by Crippen LogP contribution is -2.45. The SMILES string of the molecule is Cc1nn(-c2ccccc2)c2c1P(=Nc1ccc([N+](=O)[O-])cc1)(N1CCOCC1)N(C)C(c1ccccc1F)=N2. The van der Waals surface area contributed by atoms with Crippen molar-refractivity contribution in [3.8, 4) is 5.69 Å². The van der Waals surface area contributed by atoms with E-state index in [0.717, 1.165) is 16.7 Å². The van der Waals surface area contributed by atoms with E-state index in [4.69, 9.17) is 19.6 Å². The van der Waals surface area contributed by atoms with Gasteiger partial charge >= 0.3 is 0 Å². The Balaban J connectivity index is 1.70. The van der Waals surface area contributed by atoms with Gasteiger partial charge in [0.25, 0.3) is 5.69 Å². The van der Waals surface area contributed by atoms with E-state index in [-0.39, 0.29) is 5.69 Å². The molecule has 1 saturated heterocycles. The van der Waals surface area contributed by atoms with Gasteiger partial charge in [0, 0.05) is 32.3 Å². The van der Waals surface area contributed by atoms with Crippen molar-refractivity contribution >= 4 is 35.7 Å². The molecule has 1 aromatic heterocycles. The highest BCUT2D eigenvalue weighted by molar-refractivity contribution is 7.70. The molecule has 0 bridgehead atoms. The Kier molecular flexibility index (Phi) is 6.79. The van der Waals surface area contributed by atoms with Crippen molar-refractivity contribution in [2.45, 2.75) is 6.92 Å². The van der Waals surface area contributed by atoms with Crippen LogP contribution in [0.3, 0.4) is 0 Å². The summed E-state index contributed by atoms with van der Waals surface area (Å²) in [6, 6.07) is 22.5. The molecule has 2 aliphatic heterocycles. The van der Waals surface area contributed by atoms with Gasteiger partial charge in [-0.05, 0) is 43.3 Å². The number of aryl methyl sites for hydroxylation is 1. The fourth-order valence-corrected chi connectivity index (χ4v) is 8.99. The van der Waals surface area contributed by atoms with Gasteiger partial charge in [-0.3, -0.25) is 10.1 Å². The van der Waals surface area contributed by atoms with Crippen LogP contribution >= 0.6 is 7.36 Å². The topological polar surface area (TPSA) is 101 Å². The number of halogens is 1. The highest BCUT2D eigenvalue weighted by Crippen LogP contribution is 2.61. The summed E-state index contributed by atoms with van der Waals surface area (Å²) in [5.41, 5.74) is 2.49. The van der Waals surface area contributed by atoms with Crippen LogP contribution < -0.4 is 5.30 Å². The number of nitro benzene ring substituents is 1. The zero-order valence-electron chi connectivity index (χ0n) is 22.0. The van der Waals surface area contributed by atoms with Crippen LogP contribution in [0.4, 0.5) is 21.6 Å². The first-order chi connectivity index (χ1) is 19.4. The number of ether oxygens (including phenoxy) is 1. The van der Waals surface area contributed by atoms with Crippen molar-refractivity contribution < 1.29 is 14.1 Å². The molecule has 4 aromatic rings. The molecular formula is C28H27FN7O3P. The number of amidine groups is 1. The number of non-ortho nitro benzene ring substituents is 1. The molecule has 40 heavy (non-hydrogen) atoms. The second kappa shape index (κ2) is 10.4. The Morgan fingerprint density at radius 1 is 1.00 bits per heavy atom. The van der Waals surface area contributed by atoms with Gasteiger partial charge in [-0.25, -0.2) is 23.5 Å². The largest absolute Gasteiger partial charge is 0.379 e. The molecule has 0 radical (unpaired) electrons. The lowest BCUT2D eigenvalue weighted by molar-refractivity contribution is -0.384. The predicted octanol–water partition coefficient (Wildman–Crippen LogP) is 5.57. The first kappa shape index (κ1) is 26.1. The average Bonchev–Trinajstić information content (AvgIpc) is 3.32. The molecular weight excluding hydrogens is 532 g/mol. The van der Waals surface area contributed by atoms with Gasteiger partial charge in [0.2, 0.25) is 0 Å². The van der Waals surface area contributed by atoms with E-state index >= 15 is 4.39 Å². The van der Waals surface area contributed by atoms with Gasteiger partial charge in [-0.2, -0.15) is 5.10 Å². The third kappa shape index (κ3) is 4.32. The number of fused-ring (bicyclic) bond motifs is 1. The molecule has 1 unspecified atom stereocenters. The lowest BCUT2D eigenvalue weighted by atomic mass is 10.2. The number of para-hydroxylation sites is 1. The molecule has 3 heterocycles. The standard InChI is InChI=1S/C28H27FN7O3P/c1-20-26-28(35(31-20)22-8-4-3-5-9-22)30-27(24-10-6-7-11-25(24)29)33(2)40(26,34-16-18-39-19-17-34)32-21-12-14-23(15-13-21)36(37)38/h3-15H,16-19H2,1-2H3. The number of nitro groups is 1. The zero-order chi connectivity index (χ0) is 27.9. The van der Waals surface area contributed by atoms with Crippen LogP contribution in [-0.4, -0.2) is 63.2 Å². The molecule has 1 fully saturated rings. The van der Waals surface area contributed by atoms with Gasteiger partial charge in [0.05, 0.1) is 46.1 Å². The summed E-state index contributed by atoms with van der Waals surface area (Å²) in [7, 11) is -1.03. The molecule has 204 valence electrons. The summed E-state index contributed by atoms with van der Waals surface area (Å²) in [4.78, 5) is 15.9. The van der Waals surface area contributed by atoms with Gasteiger partial charge in [-0.15, -0.1) is 0 Å². The maximum Gasteiger partial charge on any atom is 0.269 e. The molecule has 0 spiro atoms.